The first-order valence-electron chi connectivity index (χ1n) is 7.73. The lowest BCUT2D eigenvalue weighted by Gasteiger charge is -2.31. The Labute approximate surface area is 147 Å². The summed E-state index contributed by atoms with van der Waals surface area (Å²) in [5.74, 6) is -5.55. The van der Waals surface area contributed by atoms with Crippen molar-refractivity contribution >= 4 is 17.9 Å². The molecule has 140 valence electrons. The minimum atomic E-state index is -2.81. The predicted octanol–water partition coefficient (Wildman–Crippen LogP) is 2.55. The Bertz CT molecular complexity index is 611. The fourth-order valence-corrected chi connectivity index (χ4v) is 1.64. The average Bonchev–Trinajstić information content (AvgIpc) is 2.46. The molecule has 0 aromatic rings. The summed E-state index contributed by atoms with van der Waals surface area (Å²) >= 11 is 0. The number of carbonyl (C=O) groups excluding carboxylic acids is 3. The molecule has 0 bridgehead atoms. The highest BCUT2D eigenvalue weighted by Crippen LogP contribution is 2.23. The smallest absolute Gasteiger partial charge is 0.413 e. The van der Waals surface area contributed by atoms with E-state index in [-0.39, 0.29) is 11.1 Å². The third-order valence-corrected chi connectivity index (χ3v) is 3.18. The molecule has 0 saturated heterocycles. The van der Waals surface area contributed by atoms with E-state index < -0.39 is 30.0 Å². The standard InChI is InChI=1S/C18H26O7/c1-9-14(10(2)3)17(21)25-18(22,24-16(20)12(6)7)13(8)23-15(19)11(4)5/h13,22H,4,6,9H2,1-3,5,7-8H3. The summed E-state index contributed by atoms with van der Waals surface area (Å²) in [6, 6.07) is 0. The van der Waals surface area contributed by atoms with Gasteiger partial charge in [0.05, 0.1) is 0 Å². The van der Waals surface area contributed by atoms with E-state index in [0.29, 0.717) is 17.6 Å². The van der Waals surface area contributed by atoms with Crippen molar-refractivity contribution in [2.24, 2.45) is 0 Å². The Morgan fingerprint density at radius 2 is 1.40 bits per heavy atom. The monoisotopic (exact) mass is 354 g/mol. The molecule has 0 saturated carbocycles. The first kappa shape index (κ1) is 22.6. The van der Waals surface area contributed by atoms with Crippen LogP contribution in [0.4, 0.5) is 0 Å². The summed E-state index contributed by atoms with van der Waals surface area (Å²) < 4.78 is 14.8. The van der Waals surface area contributed by atoms with Crippen LogP contribution in [0.15, 0.2) is 35.5 Å². The number of rotatable bonds is 8. The fourth-order valence-electron chi connectivity index (χ4n) is 1.64. The molecule has 0 amide bonds. The Hall–Kier alpha value is -2.41. The molecular formula is C18H26O7. The summed E-state index contributed by atoms with van der Waals surface area (Å²) in [6.07, 6.45) is -1.16. The number of allylic oxidation sites excluding steroid dienone is 1. The molecule has 0 aromatic carbocycles. The van der Waals surface area contributed by atoms with E-state index in [1.54, 1.807) is 20.8 Å². The van der Waals surface area contributed by atoms with Crippen molar-refractivity contribution in [3.05, 3.63) is 35.5 Å². The second kappa shape index (κ2) is 9.17. The highest BCUT2D eigenvalue weighted by Gasteiger charge is 2.46. The van der Waals surface area contributed by atoms with Gasteiger partial charge in [-0.05, 0) is 41.0 Å². The molecule has 0 aliphatic carbocycles. The zero-order valence-corrected chi connectivity index (χ0v) is 15.6. The minimum Gasteiger partial charge on any atom is -0.448 e. The van der Waals surface area contributed by atoms with Gasteiger partial charge in [-0.15, -0.1) is 0 Å². The molecule has 2 unspecified atom stereocenters. The van der Waals surface area contributed by atoms with Gasteiger partial charge in [0.2, 0.25) is 6.10 Å². The van der Waals surface area contributed by atoms with Gasteiger partial charge in [-0.25, -0.2) is 14.4 Å². The van der Waals surface area contributed by atoms with Crippen molar-refractivity contribution in [1.82, 2.24) is 0 Å². The molecule has 25 heavy (non-hydrogen) atoms. The molecular weight excluding hydrogens is 328 g/mol. The van der Waals surface area contributed by atoms with Crippen molar-refractivity contribution in [2.75, 3.05) is 0 Å². The van der Waals surface area contributed by atoms with E-state index in [2.05, 4.69) is 13.2 Å². The molecule has 0 fully saturated rings. The number of aliphatic hydroxyl groups is 1. The predicted molar refractivity (Wildman–Crippen MR) is 91.0 cm³/mol. The van der Waals surface area contributed by atoms with Crippen LogP contribution in [0.3, 0.4) is 0 Å². The largest absolute Gasteiger partial charge is 0.448 e. The second-order valence-corrected chi connectivity index (χ2v) is 5.85. The molecule has 7 nitrogen and oxygen atoms in total. The second-order valence-electron chi connectivity index (χ2n) is 5.85. The molecule has 0 aliphatic rings. The number of carbonyl (C=O) groups is 3. The van der Waals surface area contributed by atoms with Crippen molar-refractivity contribution in [2.45, 2.75) is 60.0 Å². The Balaban J connectivity index is 5.67. The van der Waals surface area contributed by atoms with Gasteiger partial charge in [-0.1, -0.05) is 25.7 Å². The maximum atomic E-state index is 12.3. The van der Waals surface area contributed by atoms with Crippen molar-refractivity contribution < 1.29 is 33.7 Å². The van der Waals surface area contributed by atoms with Crippen molar-refractivity contribution in [3.8, 4) is 0 Å². The van der Waals surface area contributed by atoms with Crippen LogP contribution >= 0.6 is 0 Å². The molecule has 0 radical (unpaired) electrons. The fraction of sp³-hybridized carbons (Fsp3) is 0.500. The topological polar surface area (TPSA) is 99.1 Å². The van der Waals surface area contributed by atoms with Crippen LogP contribution in [0.2, 0.25) is 0 Å². The van der Waals surface area contributed by atoms with Crippen LogP contribution in [0.1, 0.15) is 48.0 Å². The van der Waals surface area contributed by atoms with Crippen LogP contribution in [0.5, 0.6) is 0 Å². The van der Waals surface area contributed by atoms with Gasteiger partial charge < -0.3 is 19.3 Å². The first-order valence-corrected chi connectivity index (χ1v) is 7.73. The lowest BCUT2D eigenvalue weighted by molar-refractivity contribution is -0.355. The van der Waals surface area contributed by atoms with Gasteiger partial charge in [-0.2, -0.15) is 0 Å². The number of ether oxygens (including phenoxy) is 3. The number of hydrogen-bond acceptors (Lipinski definition) is 7. The summed E-state index contributed by atoms with van der Waals surface area (Å²) in [5.41, 5.74) is 0.993. The van der Waals surface area contributed by atoms with Crippen LogP contribution in [0.25, 0.3) is 0 Å². The maximum Gasteiger partial charge on any atom is 0.413 e. The third kappa shape index (κ3) is 6.54. The zero-order chi connectivity index (χ0) is 19.9. The molecule has 0 spiro atoms. The molecule has 0 heterocycles. The normalized spacial score (nSPS) is 13.7. The summed E-state index contributed by atoms with van der Waals surface area (Å²) in [6.45, 7) is 15.9. The zero-order valence-electron chi connectivity index (χ0n) is 15.6. The molecule has 0 rings (SSSR count). The molecule has 0 aliphatic heterocycles. The van der Waals surface area contributed by atoms with Crippen LogP contribution in [-0.4, -0.2) is 35.1 Å². The molecule has 1 N–H and O–H groups in total. The maximum absolute atomic E-state index is 12.3. The number of esters is 3. The third-order valence-electron chi connectivity index (χ3n) is 3.18. The van der Waals surface area contributed by atoms with Crippen molar-refractivity contribution in [3.63, 3.8) is 0 Å². The van der Waals surface area contributed by atoms with E-state index in [9.17, 15) is 19.5 Å². The average molecular weight is 354 g/mol. The van der Waals surface area contributed by atoms with Gasteiger partial charge in [-0.3, -0.25) is 0 Å². The highest BCUT2D eigenvalue weighted by atomic mass is 16.9. The number of hydrogen-bond donors (Lipinski definition) is 1. The highest BCUT2D eigenvalue weighted by molar-refractivity contribution is 5.90. The lowest BCUT2D eigenvalue weighted by Crippen LogP contribution is -2.51. The first-order chi connectivity index (χ1) is 11.4. The van der Waals surface area contributed by atoms with E-state index in [0.717, 1.165) is 0 Å². The molecule has 7 heteroatoms. The lowest BCUT2D eigenvalue weighted by atomic mass is 10.1. The SMILES string of the molecule is C=C(C)C(=O)OC(C)C(O)(OC(=O)C(=C)C)OC(=O)C(CC)=C(C)C. The quantitative estimate of drug-likeness (QED) is 0.406. The van der Waals surface area contributed by atoms with E-state index in [4.69, 9.17) is 14.2 Å². The van der Waals surface area contributed by atoms with Gasteiger partial charge in [0, 0.05) is 16.7 Å². The van der Waals surface area contributed by atoms with Crippen LogP contribution in [0, 0.1) is 0 Å². The van der Waals surface area contributed by atoms with E-state index in [1.807, 2.05) is 0 Å². The Kier molecular flexibility index (Phi) is 8.29. The van der Waals surface area contributed by atoms with Crippen molar-refractivity contribution in [1.29, 1.82) is 0 Å². The Morgan fingerprint density at radius 1 is 0.960 bits per heavy atom. The molecule has 0 aromatic heterocycles. The van der Waals surface area contributed by atoms with Crippen LogP contribution < -0.4 is 0 Å². The summed E-state index contributed by atoms with van der Waals surface area (Å²) in [4.78, 5) is 35.8. The van der Waals surface area contributed by atoms with E-state index >= 15 is 0 Å². The van der Waals surface area contributed by atoms with E-state index in [1.165, 1.54) is 20.8 Å². The Morgan fingerprint density at radius 3 is 1.76 bits per heavy atom. The van der Waals surface area contributed by atoms with Gasteiger partial charge in [0.15, 0.2) is 0 Å². The van der Waals surface area contributed by atoms with Gasteiger partial charge in [0.25, 0.3) is 0 Å². The molecule has 2 atom stereocenters. The van der Waals surface area contributed by atoms with Crippen LogP contribution in [-0.2, 0) is 28.6 Å². The summed E-state index contributed by atoms with van der Waals surface area (Å²) in [5, 5.41) is 10.6. The minimum absolute atomic E-state index is 0.0363. The van der Waals surface area contributed by atoms with Gasteiger partial charge in [0.1, 0.15) is 0 Å². The van der Waals surface area contributed by atoms with Gasteiger partial charge >= 0.3 is 23.9 Å². The summed E-state index contributed by atoms with van der Waals surface area (Å²) in [7, 11) is 0.